The molecule has 1 rings (SSSR count). The monoisotopic (exact) mass is 143 g/mol. The van der Waals surface area contributed by atoms with Crippen molar-refractivity contribution in [2.75, 3.05) is 0 Å². The van der Waals surface area contributed by atoms with E-state index in [0.717, 1.165) is 17.4 Å². The number of carbonyl (C=O) groups is 1. The van der Waals surface area contributed by atoms with Gasteiger partial charge in [0.05, 0.1) is 0 Å². The predicted molar refractivity (Wildman–Crippen MR) is 31.4 cm³/mol. The van der Waals surface area contributed by atoms with Crippen molar-refractivity contribution in [1.29, 1.82) is 0 Å². The molecule has 0 fully saturated rings. The lowest BCUT2D eigenvalue weighted by Crippen LogP contribution is -1.89. The molecule has 4 heteroatoms. The molecule has 0 saturated heterocycles. The van der Waals surface area contributed by atoms with Gasteiger partial charge in [0.25, 0.3) is 0 Å². The summed E-state index contributed by atoms with van der Waals surface area (Å²) in [6.07, 6.45) is 0. The summed E-state index contributed by atoms with van der Waals surface area (Å²) in [6, 6.07) is 1.10. The summed E-state index contributed by atoms with van der Waals surface area (Å²) in [6.45, 7) is 0. The van der Waals surface area contributed by atoms with Crippen LogP contribution in [-0.4, -0.2) is 11.1 Å². The van der Waals surface area contributed by atoms with Crippen molar-refractivity contribution in [2.45, 2.75) is 0 Å². The minimum atomic E-state index is -1.04. The van der Waals surface area contributed by atoms with Gasteiger partial charge in [-0.1, -0.05) is 0 Å². The highest BCUT2D eigenvalue weighted by Gasteiger charge is 2.05. The zero-order chi connectivity index (χ0) is 6.85. The SMILES string of the molecule is [O]c1csc(C(=O)O)c1. The molecule has 1 aromatic heterocycles. The van der Waals surface area contributed by atoms with Crippen LogP contribution in [0.15, 0.2) is 11.4 Å². The summed E-state index contributed by atoms with van der Waals surface area (Å²) < 4.78 is 0. The van der Waals surface area contributed by atoms with E-state index in [1.54, 1.807) is 0 Å². The van der Waals surface area contributed by atoms with Crippen molar-refractivity contribution in [3.63, 3.8) is 0 Å². The van der Waals surface area contributed by atoms with Gasteiger partial charge in [-0.25, -0.2) is 4.79 Å². The lowest BCUT2D eigenvalue weighted by Gasteiger charge is -1.78. The van der Waals surface area contributed by atoms with Gasteiger partial charge in [0.15, 0.2) is 5.75 Å². The van der Waals surface area contributed by atoms with Crippen LogP contribution >= 0.6 is 11.3 Å². The van der Waals surface area contributed by atoms with Crippen molar-refractivity contribution < 1.29 is 15.0 Å². The van der Waals surface area contributed by atoms with Crippen LogP contribution in [0.3, 0.4) is 0 Å². The average Bonchev–Trinajstić information content (AvgIpc) is 2.14. The fourth-order valence-corrected chi connectivity index (χ4v) is 1.03. The molecule has 0 amide bonds. The second kappa shape index (κ2) is 2.06. The molecular formula is C5H3O3S. The average molecular weight is 143 g/mol. The fourth-order valence-electron chi connectivity index (χ4n) is 0.431. The highest BCUT2D eigenvalue weighted by Crippen LogP contribution is 2.19. The molecule has 0 saturated carbocycles. The molecule has 0 spiro atoms. The number of carboxylic acid groups (broad SMARTS) is 1. The molecule has 1 aromatic rings. The predicted octanol–water partition coefficient (Wildman–Crippen LogP) is 1.59. The summed E-state index contributed by atoms with van der Waals surface area (Å²) in [5, 5.41) is 19.9. The first kappa shape index (κ1) is 6.10. The maximum absolute atomic E-state index is 10.3. The first-order valence-corrected chi connectivity index (χ1v) is 3.07. The third-order valence-corrected chi connectivity index (χ3v) is 1.68. The minimum absolute atomic E-state index is 0.0972. The van der Waals surface area contributed by atoms with Gasteiger partial charge >= 0.3 is 5.97 Å². The summed E-state index contributed by atoms with van der Waals surface area (Å²) in [5.41, 5.74) is 0. The fraction of sp³-hybridized carbons (Fsp3) is 0. The van der Waals surface area contributed by atoms with E-state index in [2.05, 4.69) is 0 Å². The van der Waals surface area contributed by atoms with Gasteiger partial charge in [0.1, 0.15) is 4.88 Å². The number of aromatic carboxylic acids is 1. The Kier molecular flexibility index (Phi) is 1.40. The van der Waals surface area contributed by atoms with E-state index in [1.165, 1.54) is 5.38 Å². The molecule has 0 bridgehead atoms. The Hall–Kier alpha value is -1.03. The van der Waals surface area contributed by atoms with Crippen molar-refractivity contribution >= 4 is 17.3 Å². The molecule has 9 heavy (non-hydrogen) atoms. The van der Waals surface area contributed by atoms with Crippen LogP contribution in [0, 0.1) is 0 Å². The molecular weight excluding hydrogens is 140 g/mol. The van der Waals surface area contributed by atoms with Crippen LogP contribution < -0.4 is 0 Å². The maximum atomic E-state index is 10.3. The van der Waals surface area contributed by atoms with Gasteiger partial charge in [0.2, 0.25) is 0 Å². The van der Waals surface area contributed by atoms with Crippen LogP contribution in [0.4, 0.5) is 0 Å². The van der Waals surface area contributed by atoms with Crippen LogP contribution in [0.2, 0.25) is 0 Å². The quantitative estimate of drug-likeness (QED) is 0.648. The number of carboxylic acids is 1. The zero-order valence-electron chi connectivity index (χ0n) is 4.33. The van der Waals surface area contributed by atoms with E-state index in [-0.39, 0.29) is 10.6 Å². The van der Waals surface area contributed by atoms with Crippen LogP contribution in [0.5, 0.6) is 5.75 Å². The number of thiophene rings is 1. The minimum Gasteiger partial charge on any atom is -0.477 e. The third kappa shape index (κ3) is 1.20. The molecule has 1 N–H and O–H groups in total. The molecule has 0 atom stereocenters. The molecule has 1 radical (unpaired) electrons. The van der Waals surface area contributed by atoms with Crippen molar-refractivity contribution in [1.82, 2.24) is 0 Å². The lowest BCUT2D eigenvalue weighted by atomic mass is 10.5. The topological polar surface area (TPSA) is 57.2 Å². The number of hydrogen-bond donors (Lipinski definition) is 1. The first-order chi connectivity index (χ1) is 4.20. The zero-order valence-corrected chi connectivity index (χ0v) is 5.14. The molecule has 47 valence electrons. The molecule has 3 nitrogen and oxygen atoms in total. The standard InChI is InChI=1S/C5H3O3S/c6-3-1-4(5(7)8)9-2-3/h1-2H,(H,7,8). The summed E-state index contributed by atoms with van der Waals surface area (Å²) >= 11 is 0.946. The number of hydrogen-bond acceptors (Lipinski definition) is 2. The largest absolute Gasteiger partial charge is 0.477 e. The summed E-state index contributed by atoms with van der Waals surface area (Å²) in [5.74, 6) is -1.28. The maximum Gasteiger partial charge on any atom is 0.346 e. The molecule has 0 aliphatic heterocycles. The van der Waals surface area contributed by atoms with Crippen LogP contribution in [-0.2, 0) is 5.11 Å². The van der Waals surface area contributed by atoms with Crippen molar-refractivity contribution in [2.24, 2.45) is 0 Å². The van der Waals surface area contributed by atoms with Crippen LogP contribution in [0.1, 0.15) is 9.67 Å². The Labute approximate surface area is 55.2 Å². The molecule has 0 aliphatic carbocycles. The van der Waals surface area contributed by atoms with Crippen LogP contribution in [0.25, 0.3) is 0 Å². The Balaban J connectivity index is 2.98. The highest BCUT2D eigenvalue weighted by molar-refractivity contribution is 7.12. The van der Waals surface area contributed by atoms with E-state index in [0.29, 0.717) is 0 Å². The normalized spacial score (nSPS) is 9.33. The molecule has 1 heterocycles. The van der Waals surface area contributed by atoms with E-state index < -0.39 is 5.97 Å². The third-order valence-electron chi connectivity index (χ3n) is 0.786. The Morgan fingerprint density at radius 2 is 2.33 bits per heavy atom. The summed E-state index contributed by atoms with van der Waals surface area (Å²) in [7, 11) is 0. The second-order valence-electron chi connectivity index (χ2n) is 1.45. The van der Waals surface area contributed by atoms with Gasteiger partial charge in [-0.3, -0.25) is 5.11 Å². The molecule has 0 aromatic carbocycles. The van der Waals surface area contributed by atoms with E-state index in [1.807, 2.05) is 0 Å². The Morgan fingerprint density at radius 1 is 1.67 bits per heavy atom. The van der Waals surface area contributed by atoms with Gasteiger partial charge in [-0.15, -0.1) is 11.3 Å². The van der Waals surface area contributed by atoms with E-state index >= 15 is 0 Å². The lowest BCUT2D eigenvalue weighted by molar-refractivity contribution is 0.0701. The molecule has 0 unspecified atom stereocenters. The Bertz CT molecular complexity index is 228. The van der Waals surface area contributed by atoms with E-state index in [9.17, 15) is 9.90 Å². The van der Waals surface area contributed by atoms with Crippen molar-refractivity contribution in [3.05, 3.63) is 16.3 Å². The number of rotatable bonds is 1. The van der Waals surface area contributed by atoms with Gasteiger partial charge in [-0.2, -0.15) is 0 Å². The van der Waals surface area contributed by atoms with Gasteiger partial charge < -0.3 is 5.11 Å². The smallest absolute Gasteiger partial charge is 0.346 e. The van der Waals surface area contributed by atoms with E-state index in [4.69, 9.17) is 5.11 Å². The van der Waals surface area contributed by atoms with Crippen molar-refractivity contribution in [3.8, 4) is 5.75 Å². The molecule has 0 aliphatic rings. The summed E-state index contributed by atoms with van der Waals surface area (Å²) in [4.78, 5) is 10.2. The Morgan fingerprint density at radius 3 is 2.56 bits per heavy atom. The highest BCUT2D eigenvalue weighted by atomic mass is 32.1. The first-order valence-electron chi connectivity index (χ1n) is 2.19. The second-order valence-corrected chi connectivity index (χ2v) is 2.36. The van der Waals surface area contributed by atoms with Gasteiger partial charge in [-0.05, 0) is 0 Å². The van der Waals surface area contributed by atoms with Gasteiger partial charge in [0, 0.05) is 11.4 Å².